The van der Waals surface area contributed by atoms with Gasteiger partial charge >= 0.3 is 6.09 Å². The van der Waals surface area contributed by atoms with Crippen molar-refractivity contribution in [2.75, 3.05) is 6.54 Å². The van der Waals surface area contributed by atoms with Gasteiger partial charge in [0, 0.05) is 12.1 Å². The molecule has 33 heavy (non-hydrogen) atoms. The molecule has 7 nitrogen and oxygen atoms in total. The summed E-state index contributed by atoms with van der Waals surface area (Å²) in [5, 5.41) is 5.75. The van der Waals surface area contributed by atoms with Gasteiger partial charge in [-0.3, -0.25) is 9.59 Å². The van der Waals surface area contributed by atoms with Gasteiger partial charge < -0.3 is 20.3 Å². The number of aryl methyl sites for hydroxylation is 1. The van der Waals surface area contributed by atoms with Crippen LogP contribution in [0.3, 0.4) is 0 Å². The van der Waals surface area contributed by atoms with Gasteiger partial charge in [-0.15, -0.1) is 0 Å². The van der Waals surface area contributed by atoms with Crippen LogP contribution < -0.4 is 10.6 Å². The summed E-state index contributed by atoms with van der Waals surface area (Å²) < 4.78 is 5.26. The van der Waals surface area contributed by atoms with Crippen LogP contribution in [-0.4, -0.2) is 47.0 Å². The number of carbonyl (C=O) groups is 3. The maximum Gasteiger partial charge on any atom is 0.408 e. The lowest BCUT2D eigenvalue weighted by atomic mass is 9.94. The minimum Gasteiger partial charge on any atom is -0.444 e. The van der Waals surface area contributed by atoms with Gasteiger partial charge in [0.2, 0.25) is 11.8 Å². The Morgan fingerprint density at radius 2 is 1.82 bits per heavy atom. The number of benzene rings is 1. The number of alkyl carbamates (subject to hydrolysis) is 1. The van der Waals surface area contributed by atoms with Crippen molar-refractivity contribution < 1.29 is 19.1 Å². The molecule has 1 fully saturated rings. The van der Waals surface area contributed by atoms with Crippen LogP contribution in [0.2, 0.25) is 0 Å². The summed E-state index contributed by atoms with van der Waals surface area (Å²) in [6.07, 6.45) is 5.35. The van der Waals surface area contributed by atoms with Gasteiger partial charge in [0.15, 0.2) is 0 Å². The van der Waals surface area contributed by atoms with Gasteiger partial charge in [0.05, 0.1) is 0 Å². The molecule has 1 aliphatic rings. The highest BCUT2D eigenvalue weighted by molar-refractivity contribution is 5.90. The molecule has 1 aromatic carbocycles. The van der Waals surface area contributed by atoms with Gasteiger partial charge in [-0.25, -0.2) is 4.79 Å². The summed E-state index contributed by atoms with van der Waals surface area (Å²) in [6, 6.07) is 6.89. The average molecular weight is 460 g/mol. The van der Waals surface area contributed by atoms with Crippen LogP contribution in [0, 0.1) is 6.92 Å². The lowest BCUT2D eigenvalue weighted by molar-refractivity contribution is -0.143. The molecule has 0 aliphatic heterocycles. The van der Waals surface area contributed by atoms with Crippen molar-refractivity contribution in [2.45, 2.75) is 104 Å². The number of amides is 3. The van der Waals surface area contributed by atoms with Gasteiger partial charge in [0.25, 0.3) is 0 Å². The molecule has 0 aromatic heterocycles. The van der Waals surface area contributed by atoms with E-state index in [1.54, 1.807) is 25.7 Å². The number of carbonyl (C=O) groups excluding carboxylic acids is 3. The summed E-state index contributed by atoms with van der Waals surface area (Å²) in [5.74, 6) is -0.487. The second-order valence-corrected chi connectivity index (χ2v) is 10.1. The zero-order valence-electron chi connectivity index (χ0n) is 21.1. The number of nitrogens with one attached hydrogen (secondary N) is 2. The molecule has 0 radical (unpaired) electrons. The third-order valence-corrected chi connectivity index (χ3v) is 5.97. The predicted molar refractivity (Wildman–Crippen MR) is 130 cm³/mol. The Morgan fingerprint density at radius 1 is 1.15 bits per heavy atom. The third kappa shape index (κ3) is 8.37. The molecular formula is C26H41N3O4. The van der Waals surface area contributed by atoms with E-state index in [2.05, 4.69) is 10.6 Å². The quantitative estimate of drug-likeness (QED) is 0.593. The first-order valence-electron chi connectivity index (χ1n) is 12.2. The van der Waals surface area contributed by atoms with E-state index in [1.165, 1.54) is 6.42 Å². The van der Waals surface area contributed by atoms with Crippen LogP contribution in [0.15, 0.2) is 24.3 Å². The number of hydrogen-bond donors (Lipinski definition) is 2. The summed E-state index contributed by atoms with van der Waals surface area (Å²) in [6.45, 7) is 11.0. The maximum absolute atomic E-state index is 13.6. The van der Waals surface area contributed by atoms with Crippen molar-refractivity contribution in [3.8, 4) is 0 Å². The van der Waals surface area contributed by atoms with Crippen molar-refractivity contribution in [1.82, 2.24) is 15.5 Å². The second kappa shape index (κ2) is 12.1. The van der Waals surface area contributed by atoms with Crippen LogP contribution in [0.4, 0.5) is 4.79 Å². The van der Waals surface area contributed by atoms with E-state index in [-0.39, 0.29) is 30.4 Å². The van der Waals surface area contributed by atoms with Crippen LogP contribution >= 0.6 is 0 Å². The van der Waals surface area contributed by atoms with Crippen LogP contribution in [0.1, 0.15) is 90.3 Å². The highest BCUT2D eigenvalue weighted by Crippen LogP contribution is 2.27. The number of hydrogen-bond acceptors (Lipinski definition) is 4. The minimum atomic E-state index is -0.769. The summed E-state index contributed by atoms with van der Waals surface area (Å²) >= 11 is 0. The third-order valence-electron chi connectivity index (χ3n) is 5.97. The van der Waals surface area contributed by atoms with E-state index < -0.39 is 17.7 Å². The number of nitrogens with zero attached hydrogens (tertiary/aromatic N) is 1. The first-order chi connectivity index (χ1) is 15.5. The first-order valence-corrected chi connectivity index (χ1v) is 12.2. The monoisotopic (exact) mass is 459 g/mol. The van der Waals surface area contributed by atoms with Crippen LogP contribution in [0.5, 0.6) is 0 Å². The van der Waals surface area contributed by atoms with Crippen molar-refractivity contribution >= 4 is 17.9 Å². The van der Waals surface area contributed by atoms with Gasteiger partial charge in [0.1, 0.15) is 18.2 Å². The van der Waals surface area contributed by atoms with E-state index in [1.807, 2.05) is 45.0 Å². The summed E-state index contributed by atoms with van der Waals surface area (Å²) in [5.41, 5.74) is 1.13. The Balaban J connectivity index is 2.30. The van der Waals surface area contributed by atoms with Crippen LogP contribution in [0.25, 0.3) is 0 Å². The predicted octanol–water partition coefficient (Wildman–Crippen LogP) is 4.64. The molecule has 2 atom stereocenters. The molecular weight excluding hydrogens is 418 g/mol. The van der Waals surface area contributed by atoms with Crippen LogP contribution in [-0.2, 0) is 14.3 Å². The Morgan fingerprint density at radius 3 is 2.39 bits per heavy atom. The molecule has 1 aromatic rings. The van der Waals surface area contributed by atoms with E-state index in [9.17, 15) is 14.4 Å². The molecule has 1 aliphatic carbocycles. The number of rotatable bonds is 8. The van der Waals surface area contributed by atoms with Crippen molar-refractivity contribution in [2.24, 2.45) is 0 Å². The van der Waals surface area contributed by atoms with Gasteiger partial charge in [-0.05, 0) is 59.4 Å². The Kier molecular flexibility index (Phi) is 9.74. The Hall–Kier alpha value is -2.57. The first kappa shape index (κ1) is 26.7. The summed E-state index contributed by atoms with van der Waals surface area (Å²) in [4.78, 5) is 40.7. The van der Waals surface area contributed by atoms with Crippen molar-refractivity contribution in [3.63, 3.8) is 0 Å². The second-order valence-electron chi connectivity index (χ2n) is 10.1. The van der Waals surface area contributed by atoms with E-state index in [0.717, 1.165) is 36.8 Å². The number of ether oxygens (including phenoxy) is 1. The smallest absolute Gasteiger partial charge is 0.408 e. The fraction of sp³-hybridized carbons (Fsp3) is 0.654. The SMILES string of the molecule is CCC(C)N(C(=O)CNC(=O)OC(C)(C)C)C(C(=O)NC1CCCCC1)c1cccc(C)c1. The zero-order chi connectivity index (χ0) is 24.6. The van der Waals surface area contributed by atoms with Crippen molar-refractivity contribution in [1.29, 1.82) is 0 Å². The largest absolute Gasteiger partial charge is 0.444 e. The average Bonchev–Trinajstić information content (AvgIpc) is 2.74. The standard InChI is InChI=1S/C26H41N3O4/c1-7-19(3)29(22(30)17-27-25(32)33-26(4,5)6)23(20-13-11-12-18(2)16-20)24(31)28-21-14-9-8-10-15-21/h11-13,16,19,21,23H,7-10,14-15,17H2,1-6H3,(H,27,32)(H,28,31). The van der Waals surface area contributed by atoms with Gasteiger partial charge in [-0.2, -0.15) is 0 Å². The molecule has 2 unspecified atom stereocenters. The molecule has 1 saturated carbocycles. The molecule has 0 saturated heterocycles. The highest BCUT2D eigenvalue weighted by atomic mass is 16.6. The molecule has 0 bridgehead atoms. The Bertz CT molecular complexity index is 812. The Labute approximate surface area is 198 Å². The zero-order valence-corrected chi connectivity index (χ0v) is 21.1. The highest BCUT2D eigenvalue weighted by Gasteiger charge is 2.35. The molecule has 2 N–H and O–H groups in total. The molecule has 3 amide bonds. The van der Waals surface area contributed by atoms with E-state index >= 15 is 0 Å². The fourth-order valence-electron chi connectivity index (χ4n) is 4.20. The molecule has 184 valence electrons. The maximum atomic E-state index is 13.6. The van der Waals surface area contributed by atoms with E-state index in [0.29, 0.717) is 6.42 Å². The normalized spacial score (nSPS) is 16.4. The molecule has 0 heterocycles. The van der Waals surface area contributed by atoms with Gasteiger partial charge in [-0.1, -0.05) is 56.0 Å². The van der Waals surface area contributed by atoms with Crippen molar-refractivity contribution in [3.05, 3.63) is 35.4 Å². The fourth-order valence-corrected chi connectivity index (χ4v) is 4.20. The van der Waals surface area contributed by atoms with E-state index in [4.69, 9.17) is 4.74 Å². The summed E-state index contributed by atoms with van der Waals surface area (Å²) in [7, 11) is 0. The topological polar surface area (TPSA) is 87.7 Å². The molecule has 7 heteroatoms. The lowest BCUT2D eigenvalue weighted by Gasteiger charge is -2.37. The lowest BCUT2D eigenvalue weighted by Crippen LogP contribution is -2.52. The molecule has 2 rings (SSSR count). The molecule has 0 spiro atoms. The minimum absolute atomic E-state index is 0.132.